The molecule has 0 saturated carbocycles. The van der Waals surface area contributed by atoms with Gasteiger partial charge in [0.1, 0.15) is 0 Å². The number of hydrogen-bond donors (Lipinski definition) is 0. The molecule has 0 radical (unpaired) electrons. The molecule has 1 rings (SSSR count). The first-order valence-electron chi connectivity index (χ1n) is 5.79. The average molecular weight is 250 g/mol. The molecular formula is C14H18O4. The van der Waals surface area contributed by atoms with Crippen LogP contribution in [0.4, 0.5) is 0 Å². The average Bonchev–Trinajstić information content (AvgIpc) is 2.38. The zero-order chi connectivity index (χ0) is 13.5. The lowest BCUT2D eigenvalue weighted by atomic mass is 10.00. The second kappa shape index (κ2) is 6.79. The van der Waals surface area contributed by atoms with Crippen molar-refractivity contribution in [1.29, 1.82) is 0 Å². The number of hydrogen-bond acceptors (Lipinski definition) is 4. The predicted octanol–water partition coefficient (Wildman–Crippen LogP) is 1.82. The van der Waals surface area contributed by atoms with Gasteiger partial charge in [0.25, 0.3) is 0 Å². The summed E-state index contributed by atoms with van der Waals surface area (Å²) in [4.78, 5) is 22.3. The third-order valence-corrected chi connectivity index (χ3v) is 2.82. The monoisotopic (exact) mass is 250 g/mol. The highest BCUT2D eigenvalue weighted by atomic mass is 16.5. The molecule has 4 heteroatoms. The first-order chi connectivity index (χ1) is 8.56. The van der Waals surface area contributed by atoms with Crippen molar-refractivity contribution in [2.75, 3.05) is 14.2 Å². The highest BCUT2D eigenvalue weighted by Gasteiger charge is 2.08. The van der Waals surface area contributed by atoms with Gasteiger partial charge in [-0.3, -0.25) is 9.59 Å². The summed E-state index contributed by atoms with van der Waals surface area (Å²) in [6, 6.07) is 5.85. The summed E-state index contributed by atoms with van der Waals surface area (Å²) >= 11 is 0. The van der Waals surface area contributed by atoms with Crippen LogP contribution in [0.3, 0.4) is 0 Å². The molecule has 18 heavy (non-hydrogen) atoms. The highest BCUT2D eigenvalue weighted by molar-refractivity contribution is 5.73. The zero-order valence-electron chi connectivity index (χ0n) is 11.0. The molecule has 0 N–H and O–H groups in total. The Morgan fingerprint density at radius 2 is 1.78 bits per heavy atom. The van der Waals surface area contributed by atoms with Gasteiger partial charge in [-0.1, -0.05) is 18.2 Å². The fourth-order valence-corrected chi connectivity index (χ4v) is 1.65. The summed E-state index contributed by atoms with van der Waals surface area (Å²) in [7, 11) is 2.75. The third kappa shape index (κ3) is 4.20. The Labute approximate surface area is 107 Å². The van der Waals surface area contributed by atoms with Crippen LogP contribution in [-0.2, 0) is 31.9 Å². The van der Waals surface area contributed by atoms with Gasteiger partial charge in [0.2, 0.25) is 0 Å². The summed E-state index contributed by atoms with van der Waals surface area (Å²) in [6.45, 7) is 1.95. The Bertz CT molecular complexity index is 437. The molecule has 4 nitrogen and oxygen atoms in total. The second-order valence-corrected chi connectivity index (χ2v) is 4.09. The standard InChI is InChI=1S/C14H18O4/c1-10-4-5-11(6-7-13(15)17-2)8-12(10)9-14(16)18-3/h4-5,8H,6-7,9H2,1-3H3. The number of ether oxygens (including phenoxy) is 2. The van der Waals surface area contributed by atoms with Gasteiger partial charge in [0.15, 0.2) is 0 Å². The predicted molar refractivity (Wildman–Crippen MR) is 67.2 cm³/mol. The van der Waals surface area contributed by atoms with Crippen LogP contribution in [0.25, 0.3) is 0 Å². The lowest BCUT2D eigenvalue weighted by Gasteiger charge is -2.08. The van der Waals surface area contributed by atoms with E-state index in [1.165, 1.54) is 14.2 Å². The van der Waals surface area contributed by atoms with Crippen LogP contribution in [-0.4, -0.2) is 26.2 Å². The molecule has 0 spiro atoms. The van der Waals surface area contributed by atoms with Crippen molar-refractivity contribution in [3.8, 4) is 0 Å². The van der Waals surface area contributed by atoms with Gasteiger partial charge in [-0.25, -0.2) is 0 Å². The van der Waals surface area contributed by atoms with Crippen LogP contribution in [0.5, 0.6) is 0 Å². The fourth-order valence-electron chi connectivity index (χ4n) is 1.65. The highest BCUT2D eigenvalue weighted by Crippen LogP contribution is 2.14. The molecule has 0 unspecified atom stereocenters. The van der Waals surface area contributed by atoms with Crippen LogP contribution in [0, 0.1) is 6.92 Å². The van der Waals surface area contributed by atoms with Gasteiger partial charge >= 0.3 is 11.9 Å². The van der Waals surface area contributed by atoms with Gasteiger partial charge in [-0.15, -0.1) is 0 Å². The Morgan fingerprint density at radius 1 is 1.11 bits per heavy atom. The molecule has 0 bridgehead atoms. The molecule has 98 valence electrons. The van der Waals surface area contributed by atoms with Gasteiger partial charge in [0.05, 0.1) is 20.6 Å². The number of rotatable bonds is 5. The molecule has 1 aromatic carbocycles. The van der Waals surface area contributed by atoms with Crippen molar-refractivity contribution in [2.24, 2.45) is 0 Å². The largest absolute Gasteiger partial charge is 0.469 e. The van der Waals surface area contributed by atoms with E-state index in [0.29, 0.717) is 12.8 Å². The molecule has 0 heterocycles. The van der Waals surface area contributed by atoms with E-state index in [-0.39, 0.29) is 18.4 Å². The summed E-state index contributed by atoms with van der Waals surface area (Å²) in [5, 5.41) is 0. The van der Waals surface area contributed by atoms with E-state index in [1.54, 1.807) is 0 Å². The minimum atomic E-state index is -0.261. The van der Waals surface area contributed by atoms with E-state index in [4.69, 9.17) is 0 Å². The van der Waals surface area contributed by atoms with Crippen molar-refractivity contribution < 1.29 is 19.1 Å². The van der Waals surface area contributed by atoms with Gasteiger partial charge < -0.3 is 9.47 Å². The molecular weight excluding hydrogens is 232 g/mol. The van der Waals surface area contributed by atoms with Crippen molar-refractivity contribution >= 4 is 11.9 Å². The third-order valence-electron chi connectivity index (χ3n) is 2.82. The van der Waals surface area contributed by atoms with E-state index in [1.807, 2.05) is 25.1 Å². The Kier molecular flexibility index (Phi) is 5.36. The van der Waals surface area contributed by atoms with Crippen molar-refractivity contribution in [3.05, 3.63) is 34.9 Å². The van der Waals surface area contributed by atoms with Crippen LogP contribution in [0.15, 0.2) is 18.2 Å². The molecule has 0 aliphatic rings. The Hall–Kier alpha value is -1.84. The number of aryl methyl sites for hydroxylation is 2. The Morgan fingerprint density at radius 3 is 2.39 bits per heavy atom. The topological polar surface area (TPSA) is 52.6 Å². The quantitative estimate of drug-likeness (QED) is 0.748. The summed E-state index contributed by atoms with van der Waals surface area (Å²) in [6.07, 6.45) is 1.22. The maximum atomic E-state index is 11.3. The first kappa shape index (κ1) is 14.2. The smallest absolute Gasteiger partial charge is 0.309 e. The molecule has 0 saturated heterocycles. The number of benzene rings is 1. The zero-order valence-corrected chi connectivity index (χ0v) is 11.0. The molecule has 0 aliphatic carbocycles. The first-order valence-corrected chi connectivity index (χ1v) is 5.79. The van der Waals surface area contributed by atoms with Crippen LogP contribution >= 0.6 is 0 Å². The summed E-state index contributed by atoms with van der Waals surface area (Å²) in [5.41, 5.74) is 3.00. The molecule has 0 aliphatic heterocycles. The minimum Gasteiger partial charge on any atom is -0.469 e. The van der Waals surface area contributed by atoms with Crippen LogP contribution in [0.2, 0.25) is 0 Å². The maximum absolute atomic E-state index is 11.3. The van der Waals surface area contributed by atoms with Crippen molar-refractivity contribution in [1.82, 2.24) is 0 Å². The minimum absolute atomic E-state index is 0.231. The van der Waals surface area contributed by atoms with E-state index in [2.05, 4.69) is 9.47 Å². The molecule has 1 aromatic rings. The van der Waals surface area contributed by atoms with Gasteiger partial charge in [0, 0.05) is 6.42 Å². The SMILES string of the molecule is COC(=O)CCc1ccc(C)c(CC(=O)OC)c1. The molecule has 0 aromatic heterocycles. The second-order valence-electron chi connectivity index (χ2n) is 4.09. The number of carbonyl (C=O) groups is 2. The molecule has 0 amide bonds. The molecule has 0 atom stereocenters. The molecule has 0 fully saturated rings. The number of esters is 2. The van der Waals surface area contributed by atoms with E-state index < -0.39 is 0 Å². The van der Waals surface area contributed by atoms with E-state index in [0.717, 1.165) is 16.7 Å². The maximum Gasteiger partial charge on any atom is 0.309 e. The van der Waals surface area contributed by atoms with Crippen LogP contribution in [0.1, 0.15) is 23.1 Å². The lowest BCUT2D eigenvalue weighted by Crippen LogP contribution is -2.07. The summed E-state index contributed by atoms with van der Waals surface area (Å²) < 4.78 is 9.25. The van der Waals surface area contributed by atoms with Gasteiger partial charge in [-0.2, -0.15) is 0 Å². The number of methoxy groups -OCH3 is 2. The van der Waals surface area contributed by atoms with E-state index in [9.17, 15) is 9.59 Å². The van der Waals surface area contributed by atoms with Crippen molar-refractivity contribution in [3.63, 3.8) is 0 Å². The van der Waals surface area contributed by atoms with E-state index >= 15 is 0 Å². The summed E-state index contributed by atoms with van der Waals surface area (Å²) in [5.74, 6) is -0.492. The fraction of sp³-hybridized carbons (Fsp3) is 0.429. The number of carbonyl (C=O) groups excluding carboxylic acids is 2. The Balaban J connectivity index is 2.74. The van der Waals surface area contributed by atoms with Crippen molar-refractivity contribution in [2.45, 2.75) is 26.2 Å². The van der Waals surface area contributed by atoms with Crippen LogP contribution < -0.4 is 0 Å². The lowest BCUT2D eigenvalue weighted by molar-refractivity contribution is -0.141. The normalized spacial score (nSPS) is 9.94. The van der Waals surface area contributed by atoms with Gasteiger partial charge in [-0.05, 0) is 30.0 Å².